The summed E-state index contributed by atoms with van der Waals surface area (Å²) in [4.78, 5) is 25.0. The van der Waals surface area contributed by atoms with Gasteiger partial charge in [-0.2, -0.15) is 0 Å². The van der Waals surface area contributed by atoms with Crippen LogP contribution in [0.15, 0.2) is 46.7 Å². The number of hydrogen-bond acceptors (Lipinski definition) is 9. The van der Waals surface area contributed by atoms with Crippen LogP contribution < -0.4 is 23.7 Å². The molecule has 0 spiro atoms. The standard InChI is InChI=1S/C24H20ClNO8/c1-29-17-8-4-13(23(30-2)24(17)31-3)10-19-22(28)16-7-5-14(11-18(16)33-19)32-21(27)9-6-15-12-20(25)26-34-15/h4-5,7-8,10-12H,6,9H2,1-3H3/b19-10-. The Morgan fingerprint density at radius 3 is 2.53 bits per heavy atom. The highest BCUT2D eigenvalue weighted by Gasteiger charge is 2.29. The van der Waals surface area contributed by atoms with Crippen LogP contribution in [0.4, 0.5) is 0 Å². The summed E-state index contributed by atoms with van der Waals surface area (Å²) >= 11 is 5.69. The zero-order valence-electron chi connectivity index (χ0n) is 18.5. The second-order valence-electron chi connectivity index (χ2n) is 7.11. The van der Waals surface area contributed by atoms with Gasteiger partial charge in [-0.15, -0.1) is 0 Å². The topological polar surface area (TPSA) is 106 Å². The molecule has 0 atom stereocenters. The number of halogens is 1. The van der Waals surface area contributed by atoms with Gasteiger partial charge in [0.1, 0.15) is 17.3 Å². The second kappa shape index (κ2) is 9.88. The van der Waals surface area contributed by atoms with E-state index in [0.29, 0.717) is 40.6 Å². The Kier molecular flexibility index (Phi) is 6.74. The van der Waals surface area contributed by atoms with Gasteiger partial charge < -0.3 is 28.2 Å². The van der Waals surface area contributed by atoms with Gasteiger partial charge in [0.25, 0.3) is 0 Å². The quantitative estimate of drug-likeness (QED) is 0.259. The van der Waals surface area contributed by atoms with Crippen LogP contribution in [0.1, 0.15) is 28.1 Å². The molecule has 4 rings (SSSR count). The van der Waals surface area contributed by atoms with Crippen molar-refractivity contribution < 1.29 is 37.8 Å². The number of carbonyl (C=O) groups excluding carboxylic acids is 2. The molecule has 1 aromatic heterocycles. The number of ether oxygens (including phenoxy) is 5. The van der Waals surface area contributed by atoms with Crippen LogP contribution in [-0.2, 0) is 11.2 Å². The van der Waals surface area contributed by atoms with Crippen molar-refractivity contribution in [2.24, 2.45) is 0 Å². The van der Waals surface area contributed by atoms with Gasteiger partial charge in [-0.25, -0.2) is 0 Å². The fourth-order valence-electron chi connectivity index (χ4n) is 3.42. The highest BCUT2D eigenvalue weighted by Crippen LogP contribution is 2.42. The molecule has 34 heavy (non-hydrogen) atoms. The third kappa shape index (κ3) is 4.69. The number of nitrogens with zero attached hydrogens (tertiary/aromatic N) is 1. The number of aryl methyl sites for hydroxylation is 1. The van der Waals surface area contributed by atoms with Crippen molar-refractivity contribution >= 4 is 29.4 Å². The molecule has 0 bridgehead atoms. The summed E-state index contributed by atoms with van der Waals surface area (Å²) in [6, 6.07) is 9.52. The van der Waals surface area contributed by atoms with Crippen molar-refractivity contribution in [3.63, 3.8) is 0 Å². The number of rotatable bonds is 8. The van der Waals surface area contributed by atoms with Gasteiger partial charge in [-0.1, -0.05) is 16.8 Å². The SMILES string of the molecule is COc1ccc(/C=C2\Oc3cc(OC(=O)CCc4cc(Cl)no4)ccc3C2=O)c(OC)c1OC. The minimum absolute atomic E-state index is 0.0621. The lowest BCUT2D eigenvalue weighted by Gasteiger charge is -2.14. The van der Waals surface area contributed by atoms with Gasteiger partial charge in [0, 0.05) is 24.1 Å². The lowest BCUT2D eigenvalue weighted by molar-refractivity contribution is -0.134. The van der Waals surface area contributed by atoms with Crippen LogP contribution in [0.25, 0.3) is 6.08 Å². The van der Waals surface area contributed by atoms with E-state index < -0.39 is 5.97 Å². The Balaban J connectivity index is 1.50. The summed E-state index contributed by atoms with van der Waals surface area (Å²) in [6.45, 7) is 0. The average Bonchev–Trinajstić information content (AvgIpc) is 3.39. The minimum atomic E-state index is -0.484. The van der Waals surface area contributed by atoms with E-state index in [1.165, 1.54) is 39.5 Å². The number of carbonyl (C=O) groups is 2. The Labute approximate surface area is 199 Å². The molecule has 0 unspecified atom stereocenters. The van der Waals surface area contributed by atoms with Crippen LogP contribution >= 0.6 is 11.6 Å². The summed E-state index contributed by atoms with van der Waals surface area (Å²) in [6.07, 6.45) is 1.91. The van der Waals surface area contributed by atoms with Crippen molar-refractivity contribution in [3.05, 3.63) is 64.2 Å². The van der Waals surface area contributed by atoms with E-state index in [4.69, 9.17) is 39.8 Å². The van der Waals surface area contributed by atoms with E-state index in [2.05, 4.69) is 5.16 Å². The molecule has 0 N–H and O–H groups in total. The van der Waals surface area contributed by atoms with Gasteiger partial charge in [0.05, 0.1) is 33.3 Å². The third-order valence-corrected chi connectivity index (χ3v) is 5.18. The van der Waals surface area contributed by atoms with Crippen LogP contribution in [0.3, 0.4) is 0 Å². The Morgan fingerprint density at radius 1 is 1.06 bits per heavy atom. The molecule has 0 fully saturated rings. The number of allylic oxidation sites excluding steroid dienone is 1. The Hall–Kier alpha value is -3.98. The number of aromatic nitrogens is 1. The molecular formula is C24H20ClNO8. The molecule has 9 nitrogen and oxygen atoms in total. The van der Waals surface area contributed by atoms with Gasteiger partial charge in [0.15, 0.2) is 22.4 Å². The zero-order chi connectivity index (χ0) is 24.2. The molecule has 176 valence electrons. The molecular weight excluding hydrogens is 466 g/mol. The van der Waals surface area contributed by atoms with Crippen LogP contribution in [0.2, 0.25) is 5.15 Å². The van der Waals surface area contributed by atoms with E-state index in [9.17, 15) is 9.59 Å². The molecule has 1 aliphatic rings. The summed E-state index contributed by atoms with van der Waals surface area (Å²) in [7, 11) is 4.50. The fourth-order valence-corrected chi connectivity index (χ4v) is 3.58. The number of fused-ring (bicyclic) bond motifs is 1. The van der Waals surface area contributed by atoms with E-state index in [1.54, 1.807) is 24.3 Å². The molecule has 0 radical (unpaired) electrons. The number of ketones is 1. The zero-order valence-corrected chi connectivity index (χ0v) is 19.3. The average molecular weight is 486 g/mol. The lowest BCUT2D eigenvalue weighted by Crippen LogP contribution is -2.08. The van der Waals surface area contributed by atoms with Crippen LogP contribution in [0.5, 0.6) is 28.7 Å². The molecule has 0 aliphatic carbocycles. The first-order chi connectivity index (χ1) is 16.4. The molecule has 0 amide bonds. The first kappa shape index (κ1) is 23.2. The van der Waals surface area contributed by atoms with E-state index in [1.807, 2.05) is 0 Å². The van der Waals surface area contributed by atoms with Crippen molar-refractivity contribution in [3.8, 4) is 28.7 Å². The van der Waals surface area contributed by atoms with Crippen molar-refractivity contribution in [2.45, 2.75) is 12.8 Å². The Morgan fingerprint density at radius 2 is 1.85 bits per heavy atom. The minimum Gasteiger partial charge on any atom is -0.493 e. The molecule has 10 heteroatoms. The number of methoxy groups -OCH3 is 3. The Bertz CT molecular complexity index is 1280. The lowest BCUT2D eigenvalue weighted by atomic mass is 10.1. The van der Waals surface area contributed by atoms with Gasteiger partial charge in [-0.3, -0.25) is 9.59 Å². The van der Waals surface area contributed by atoms with Crippen molar-refractivity contribution in [1.29, 1.82) is 0 Å². The fraction of sp³-hybridized carbons (Fsp3) is 0.208. The predicted octanol–water partition coefficient (Wildman–Crippen LogP) is 4.51. The number of esters is 1. The van der Waals surface area contributed by atoms with Crippen LogP contribution in [-0.4, -0.2) is 38.2 Å². The van der Waals surface area contributed by atoms with Crippen molar-refractivity contribution in [2.75, 3.05) is 21.3 Å². The van der Waals surface area contributed by atoms with E-state index >= 15 is 0 Å². The number of benzene rings is 2. The summed E-state index contributed by atoms with van der Waals surface area (Å²) in [5.41, 5.74) is 0.914. The third-order valence-electron chi connectivity index (χ3n) is 5.00. The van der Waals surface area contributed by atoms with Crippen LogP contribution in [0, 0.1) is 0 Å². The maximum absolute atomic E-state index is 12.8. The summed E-state index contributed by atoms with van der Waals surface area (Å²) in [5.74, 6) is 1.57. The smallest absolute Gasteiger partial charge is 0.311 e. The molecule has 3 aromatic rings. The highest BCUT2D eigenvalue weighted by molar-refractivity contribution is 6.29. The molecule has 1 aliphatic heterocycles. The largest absolute Gasteiger partial charge is 0.493 e. The summed E-state index contributed by atoms with van der Waals surface area (Å²) in [5, 5.41) is 3.78. The second-order valence-corrected chi connectivity index (χ2v) is 7.50. The first-order valence-corrected chi connectivity index (χ1v) is 10.5. The summed E-state index contributed by atoms with van der Waals surface area (Å²) < 4.78 is 32.2. The van der Waals surface area contributed by atoms with Crippen molar-refractivity contribution in [1.82, 2.24) is 5.16 Å². The maximum atomic E-state index is 12.8. The normalized spacial score (nSPS) is 13.4. The highest BCUT2D eigenvalue weighted by atomic mass is 35.5. The molecule has 2 aromatic carbocycles. The van der Waals surface area contributed by atoms with Gasteiger partial charge >= 0.3 is 5.97 Å². The van der Waals surface area contributed by atoms with Gasteiger partial charge in [0.2, 0.25) is 11.5 Å². The number of hydrogen-bond donors (Lipinski definition) is 0. The number of Topliss-reactive ketones (excluding diaryl/α,β-unsaturated/α-hetero) is 1. The predicted molar refractivity (Wildman–Crippen MR) is 121 cm³/mol. The van der Waals surface area contributed by atoms with E-state index in [0.717, 1.165) is 0 Å². The maximum Gasteiger partial charge on any atom is 0.311 e. The molecule has 2 heterocycles. The van der Waals surface area contributed by atoms with Gasteiger partial charge in [-0.05, 0) is 30.3 Å². The molecule has 0 saturated carbocycles. The first-order valence-electron chi connectivity index (χ1n) is 10.1. The van der Waals surface area contributed by atoms with E-state index in [-0.39, 0.29) is 34.6 Å². The monoisotopic (exact) mass is 485 g/mol. The molecule has 0 saturated heterocycles.